The highest BCUT2D eigenvalue weighted by Crippen LogP contribution is 2.16. The molecule has 0 saturated carbocycles. The van der Waals surface area contributed by atoms with E-state index in [9.17, 15) is 4.79 Å². The number of amides is 1. The number of carbonyl (C=O) groups excluding carboxylic acids is 1. The summed E-state index contributed by atoms with van der Waals surface area (Å²) in [4.78, 5) is 11.5. The minimum absolute atomic E-state index is 0.100. The summed E-state index contributed by atoms with van der Waals surface area (Å²) in [6.07, 6.45) is 0.650. The van der Waals surface area contributed by atoms with Gasteiger partial charge in [0.2, 0.25) is 0 Å². The van der Waals surface area contributed by atoms with Crippen LogP contribution in [-0.4, -0.2) is 30.3 Å². The molecular weight excluding hydrogens is 232 g/mol. The summed E-state index contributed by atoms with van der Waals surface area (Å²) in [7, 11) is 0. The lowest BCUT2D eigenvalue weighted by Crippen LogP contribution is -2.39. The fourth-order valence-electron chi connectivity index (χ4n) is 1.37. The van der Waals surface area contributed by atoms with Crippen molar-refractivity contribution in [1.82, 2.24) is 5.32 Å². The lowest BCUT2D eigenvalue weighted by Gasteiger charge is -2.14. The topological polar surface area (TPSA) is 82.3 Å². The van der Waals surface area contributed by atoms with Crippen LogP contribution >= 0.6 is 0 Å². The Balaban J connectivity index is 2.50. The number of rotatable bonds is 6. The van der Waals surface area contributed by atoms with Crippen molar-refractivity contribution >= 4 is 5.91 Å². The Morgan fingerprint density at radius 3 is 2.89 bits per heavy atom. The zero-order valence-corrected chi connectivity index (χ0v) is 10.2. The molecule has 1 aromatic carbocycles. The van der Waals surface area contributed by atoms with Crippen LogP contribution in [0.1, 0.15) is 18.9 Å². The zero-order valence-electron chi connectivity index (χ0n) is 10.2. The smallest absolute Gasteiger partial charge is 0.258 e. The lowest BCUT2D eigenvalue weighted by molar-refractivity contribution is -0.124. The van der Waals surface area contributed by atoms with E-state index in [1.54, 1.807) is 24.3 Å². The zero-order chi connectivity index (χ0) is 13.4. The first-order chi connectivity index (χ1) is 8.71. The molecular formula is C13H16N2O3. The molecule has 0 aliphatic rings. The average Bonchev–Trinajstić information content (AvgIpc) is 2.42. The fourth-order valence-corrected chi connectivity index (χ4v) is 1.37. The lowest BCUT2D eigenvalue weighted by atomic mass is 10.2. The number of carbonyl (C=O) groups is 1. The Labute approximate surface area is 106 Å². The van der Waals surface area contributed by atoms with Crippen LogP contribution in [0.3, 0.4) is 0 Å². The maximum absolute atomic E-state index is 11.5. The first-order valence-electron chi connectivity index (χ1n) is 5.73. The van der Waals surface area contributed by atoms with E-state index in [-0.39, 0.29) is 25.2 Å². The summed E-state index contributed by atoms with van der Waals surface area (Å²) in [6, 6.07) is 8.44. The fraction of sp³-hybridized carbons (Fsp3) is 0.385. The Morgan fingerprint density at radius 1 is 1.56 bits per heavy atom. The largest absolute Gasteiger partial charge is 0.482 e. The van der Waals surface area contributed by atoms with Gasteiger partial charge in [0.25, 0.3) is 5.91 Å². The molecule has 18 heavy (non-hydrogen) atoms. The van der Waals surface area contributed by atoms with Crippen molar-refractivity contribution in [1.29, 1.82) is 5.26 Å². The molecule has 2 N–H and O–H groups in total. The second kappa shape index (κ2) is 7.30. The van der Waals surface area contributed by atoms with Gasteiger partial charge in [0.05, 0.1) is 18.2 Å². The molecule has 0 aromatic heterocycles. The molecule has 0 saturated heterocycles. The van der Waals surface area contributed by atoms with Crippen molar-refractivity contribution in [3.05, 3.63) is 29.8 Å². The normalized spacial score (nSPS) is 11.4. The molecule has 1 atom stereocenters. The number of nitrogens with zero attached hydrogens (tertiary/aromatic N) is 1. The minimum atomic E-state index is -0.316. The second-order valence-electron chi connectivity index (χ2n) is 3.75. The molecule has 5 heteroatoms. The van der Waals surface area contributed by atoms with Gasteiger partial charge in [-0.2, -0.15) is 5.26 Å². The second-order valence-corrected chi connectivity index (χ2v) is 3.75. The highest BCUT2D eigenvalue weighted by Gasteiger charge is 2.10. The number of benzene rings is 1. The molecule has 0 aliphatic heterocycles. The van der Waals surface area contributed by atoms with Gasteiger partial charge in [0.1, 0.15) is 11.8 Å². The third-order valence-electron chi connectivity index (χ3n) is 2.44. The molecule has 0 aliphatic carbocycles. The van der Waals surface area contributed by atoms with E-state index in [0.717, 1.165) is 0 Å². The van der Waals surface area contributed by atoms with E-state index < -0.39 is 0 Å². The van der Waals surface area contributed by atoms with Crippen LogP contribution in [0.5, 0.6) is 5.75 Å². The summed E-state index contributed by atoms with van der Waals surface area (Å²) >= 11 is 0. The number of ether oxygens (including phenoxy) is 1. The first-order valence-corrected chi connectivity index (χ1v) is 5.73. The first kappa shape index (κ1) is 14.0. The summed E-state index contributed by atoms with van der Waals surface area (Å²) in [5.41, 5.74) is 0.388. The molecule has 0 spiro atoms. The van der Waals surface area contributed by atoms with Crippen molar-refractivity contribution in [2.24, 2.45) is 0 Å². The van der Waals surface area contributed by atoms with Crippen molar-refractivity contribution in [3.63, 3.8) is 0 Å². The molecule has 0 fully saturated rings. The van der Waals surface area contributed by atoms with E-state index in [4.69, 9.17) is 15.1 Å². The predicted octanol–water partition coefficient (Wildman–Crippen LogP) is 0.824. The van der Waals surface area contributed by atoms with Gasteiger partial charge in [-0.25, -0.2) is 0 Å². The van der Waals surface area contributed by atoms with Gasteiger partial charge in [-0.3, -0.25) is 4.79 Å². The Kier molecular flexibility index (Phi) is 5.68. The summed E-state index contributed by atoms with van der Waals surface area (Å²) < 4.78 is 5.26. The van der Waals surface area contributed by atoms with Crippen LogP contribution in [0.15, 0.2) is 24.3 Å². The Morgan fingerprint density at radius 2 is 2.28 bits per heavy atom. The number of hydrogen-bond donors (Lipinski definition) is 2. The molecule has 1 amide bonds. The van der Waals surface area contributed by atoms with E-state index in [1.165, 1.54) is 0 Å². The molecule has 1 aromatic rings. The monoisotopic (exact) mass is 248 g/mol. The van der Waals surface area contributed by atoms with Gasteiger partial charge in [0, 0.05) is 0 Å². The molecule has 0 unspecified atom stereocenters. The van der Waals surface area contributed by atoms with E-state index in [1.807, 2.05) is 13.0 Å². The number of nitrogens with one attached hydrogen (secondary N) is 1. The standard InChI is InChI=1S/C13H16N2O3/c1-2-11(8-16)15-13(17)9-18-12-6-4-3-5-10(12)7-14/h3-6,11,16H,2,8-9H2,1H3,(H,15,17)/t11-/m1/s1. The van der Waals surface area contributed by atoms with Crippen LogP contribution in [0.25, 0.3) is 0 Å². The quantitative estimate of drug-likeness (QED) is 0.781. The third-order valence-corrected chi connectivity index (χ3v) is 2.44. The van der Waals surface area contributed by atoms with Crippen molar-refractivity contribution in [2.75, 3.05) is 13.2 Å². The van der Waals surface area contributed by atoms with Gasteiger partial charge in [-0.15, -0.1) is 0 Å². The maximum Gasteiger partial charge on any atom is 0.258 e. The highest BCUT2D eigenvalue weighted by molar-refractivity contribution is 5.77. The van der Waals surface area contributed by atoms with E-state index in [0.29, 0.717) is 17.7 Å². The van der Waals surface area contributed by atoms with Crippen LogP contribution < -0.4 is 10.1 Å². The third kappa shape index (κ3) is 4.07. The molecule has 0 heterocycles. The molecule has 5 nitrogen and oxygen atoms in total. The number of aliphatic hydroxyl groups is 1. The van der Waals surface area contributed by atoms with Crippen LogP contribution in [0.4, 0.5) is 0 Å². The maximum atomic E-state index is 11.5. The molecule has 0 radical (unpaired) electrons. The summed E-state index contributed by atoms with van der Waals surface area (Å²) in [6.45, 7) is 1.60. The van der Waals surface area contributed by atoms with Gasteiger partial charge < -0.3 is 15.2 Å². The minimum Gasteiger partial charge on any atom is -0.482 e. The molecule has 96 valence electrons. The SMILES string of the molecule is CC[C@H](CO)NC(=O)COc1ccccc1C#N. The molecule has 0 bridgehead atoms. The van der Waals surface area contributed by atoms with Crippen molar-refractivity contribution < 1.29 is 14.6 Å². The highest BCUT2D eigenvalue weighted by atomic mass is 16.5. The van der Waals surface area contributed by atoms with Crippen molar-refractivity contribution in [2.45, 2.75) is 19.4 Å². The number of hydrogen-bond acceptors (Lipinski definition) is 4. The van der Waals surface area contributed by atoms with E-state index in [2.05, 4.69) is 5.32 Å². The van der Waals surface area contributed by atoms with Crippen LogP contribution in [-0.2, 0) is 4.79 Å². The Bertz CT molecular complexity index is 436. The van der Waals surface area contributed by atoms with Gasteiger partial charge >= 0.3 is 0 Å². The number of nitriles is 1. The molecule has 1 rings (SSSR count). The summed E-state index contributed by atoms with van der Waals surface area (Å²) in [5, 5.41) is 20.4. The van der Waals surface area contributed by atoms with Crippen LogP contribution in [0.2, 0.25) is 0 Å². The van der Waals surface area contributed by atoms with Gasteiger partial charge in [0.15, 0.2) is 6.61 Å². The van der Waals surface area contributed by atoms with Gasteiger partial charge in [-0.05, 0) is 18.6 Å². The van der Waals surface area contributed by atoms with Crippen molar-refractivity contribution in [3.8, 4) is 11.8 Å². The predicted molar refractivity (Wildman–Crippen MR) is 66.0 cm³/mol. The number of aliphatic hydroxyl groups excluding tert-OH is 1. The van der Waals surface area contributed by atoms with Gasteiger partial charge in [-0.1, -0.05) is 19.1 Å². The number of para-hydroxylation sites is 1. The average molecular weight is 248 g/mol. The van der Waals surface area contributed by atoms with E-state index >= 15 is 0 Å². The summed E-state index contributed by atoms with van der Waals surface area (Å²) in [5.74, 6) is 0.0656. The van der Waals surface area contributed by atoms with Crippen LogP contribution in [0, 0.1) is 11.3 Å². The Hall–Kier alpha value is -2.06.